The normalized spacial score (nSPS) is 10.5. The lowest BCUT2D eigenvalue weighted by Crippen LogP contribution is -2.35. The Balaban J connectivity index is 1.69. The monoisotopic (exact) mass is 334 g/mol. The lowest BCUT2D eigenvalue weighted by molar-refractivity contribution is -0.689. The van der Waals surface area contributed by atoms with Crippen molar-refractivity contribution in [1.82, 2.24) is 0 Å². The summed E-state index contributed by atoms with van der Waals surface area (Å²) in [6.45, 7) is 11.6. The van der Waals surface area contributed by atoms with E-state index < -0.39 is 0 Å². The molecule has 0 amide bonds. The second-order valence-corrected chi connectivity index (χ2v) is 6.72. The Morgan fingerprint density at radius 2 is 1.54 bits per heavy atom. The first kappa shape index (κ1) is 16.3. The SMILES string of the molecule is C=Cc1cc[n+](Cc2ccc(C[n+]3csc(C=C)c3C)cc2)cc1. The first-order chi connectivity index (χ1) is 11.7. The summed E-state index contributed by atoms with van der Waals surface area (Å²) in [5.74, 6) is 0. The molecule has 0 aliphatic carbocycles. The fourth-order valence-corrected chi connectivity index (χ4v) is 3.50. The summed E-state index contributed by atoms with van der Waals surface area (Å²) in [5, 5.41) is 0. The highest BCUT2D eigenvalue weighted by Gasteiger charge is 2.13. The molecular weight excluding hydrogens is 312 g/mol. The predicted octanol–water partition coefficient (Wildman–Crippen LogP) is 4.01. The smallest absolute Gasteiger partial charge is 0.201 e. The molecule has 2 nitrogen and oxygen atoms in total. The molecular formula is C21H22N2S+2. The van der Waals surface area contributed by atoms with E-state index in [9.17, 15) is 0 Å². The molecule has 0 saturated heterocycles. The molecule has 3 aromatic rings. The van der Waals surface area contributed by atoms with Crippen LogP contribution in [0.4, 0.5) is 0 Å². The van der Waals surface area contributed by atoms with Crippen molar-refractivity contribution in [3.8, 4) is 0 Å². The third-order valence-corrected chi connectivity index (χ3v) is 5.25. The van der Waals surface area contributed by atoms with E-state index in [0.717, 1.165) is 18.7 Å². The van der Waals surface area contributed by atoms with Crippen molar-refractivity contribution in [1.29, 1.82) is 0 Å². The van der Waals surface area contributed by atoms with Crippen LogP contribution in [0.25, 0.3) is 12.2 Å². The molecule has 3 heteroatoms. The van der Waals surface area contributed by atoms with Gasteiger partial charge in [-0.25, -0.2) is 4.57 Å². The van der Waals surface area contributed by atoms with Gasteiger partial charge in [-0.2, -0.15) is 4.57 Å². The maximum Gasteiger partial charge on any atom is 0.225 e. The maximum absolute atomic E-state index is 3.86. The fourth-order valence-electron chi connectivity index (χ4n) is 2.65. The van der Waals surface area contributed by atoms with Crippen LogP contribution in [0, 0.1) is 6.92 Å². The summed E-state index contributed by atoms with van der Waals surface area (Å²) in [7, 11) is 0. The van der Waals surface area contributed by atoms with Crippen molar-refractivity contribution < 1.29 is 9.13 Å². The topological polar surface area (TPSA) is 7.76 Å². The third kappa shape index (κ3) is 3.69. The Morgan fingerprint density at radius 1 is 0.917 bits per heavy atom. The van der Waals surface area contributed by atoms with E-state index in [2.05, 4.69) is 83.5 Å². The van der Waals surface area contributed by atoms with E-state index in [1.54, 1.807) is 11.3 Å². The van der Waals surface area contributed by atoms with Crippen molar-refractivity contribution in [2.45, 2.75) is 20.0 Å². The van der Waals surface area contributed by atoms with Crippen LogP contribution < -0.4 is 9.13 Å². The van der Waals surface area contributed by atoms with Gasteiger partial charge < -0.3 is 0 Å². The highest BCUT2D eigenvalue weighted by molar-refractivity contribution is 7.10. The van der Waals surface area contributed by atoms with Crippen LogP contribution in [0.15, 0.2) is 67.5 Å². The lowest BCUT2D eigenvalue weighted by Gasteiger charge is -2.01. The number of benzene rings is 1. The molecule has 3 rings (SSSR count). The summed E-state index contributed by atoms with van der Waals surface area (Å²) in [6.07, 6.45) is 7.97. The number of thiazole rings is 1. The van der Waals surface area contributed by atoms with Gasteiger partial charge in [-0.3, -0.25) is 0 Å². The van der Waals surface area contributed by atoms with Crippen molar-refractivity contribution >= 4 is 23.5 Å². The standard InChI is InChI=1S/C21H22N2S/c1-4-18-10-12-22(13-11-18)14-19-6-8-20(9-7-19)15-23-16-24-21(5-2)17(23)3/h4-13,16H,1-2,14-15H2,3H3/q+2. The van der Waals surface area contributed by atoms with E-state index >= 15 is 0 Å². The van der Waals surface area contributed by atoms with Gasteiger partial charge in [0.2, 0.25) is 5.51 Å². The van der Waals surface area contributed by atoms with Crippen LogP contribution in [0.1, 0.15) is 27.3 Å². The van der Waals surface area contributed by atoms with Gasteiger partial charge in [0.05, 0.1) is 4.88 Å². The highest BCUT2D eigenvalue weighted by Crippen LogP contribution is 2.13. The average molecular weight is 334 g/mol. The number of pyridine rings is 1. The Morgan fingerprint density at radius 3 is 2.08 bits per heavy atom. The Kier molecular flexibility index (Phi) is 5.02. The van der Waals surface area contributed by atoms with Gasteiger partial charge in [0.1, 0.15) is 0 Å². The Labute approximate surface area is 147 Å². The van der Waals surface area contributed by atoms with Crippen molar-refractivity contribution in [2.75, 3.05) is 0 Å². The minimum atomic E-state index is 0.878. The zero-order valence-electron chi connectivity index (χ0n) is 14.0. The van der Waals surface area contributed by atoms with Crippen molar-refractivity contribution in [2.24, 2.45) is 0 Å². The molecule has 0 unspecified atom stereocenters. The Hall–Kier alpha value is -2.52. The van der Waals surface area contributed by atoms with Gasteiger partial charge in [-0.15, -0.1) is 0 Å². The van der Waals surface area contributed by atoms with Crippen molar-refractivity contribution in [3.63, 3.8) is 0 Å². The number of hydrogen-bond acceptors (Lipinski definition) is 1. The van der Waals surface area contributed by atoms with Crippen LogP contribution in [-0.2, 0) is 13.1 Å². The minimum Gasteiger partial charge on any atom is -0.201 e. The molecule has 24 heavy (non-hydrogen) atoms. The van der Waals surface area contributed by atoms with E-state index in [-0.39, 0.29) is 0 Å². The van der Waals surface area contributed by atoms with Crippen molar-refractivity contribution in [3.05, 3.63) is 94.7 Å². The maximum atomic E-state index is 3.86. The predicted molar refractivity (Wildman–Crippen MR) is 101 cm³/mol. The minimum absolute atomic E-state index is 0.878. The van der Waals surface area contributed by atoms with E-state index in [1.807, 2.05) is 12.2 Å². The van der Waals surface area contributed by atoms with Crippen LogP contribution in [0.3, 0.4) is 0 Å². The summed E-state index contributed by atoms with van der Waals surface area (Å²) >= 11 is 1.74. The van der Waals surface area contributed by atoms with Crippen LogP contribution >= 0.6 is 11.3 Å². The second-order valence-electron chi connectivity index (χ2n) is 5.83. The zero-order valence-corrected chi connectivity index (χ0v) is 14.8. The summed E-state index contributed by atoms with van der Waals surface area (Å²) in [5.41, 5.74) is 7.19. The van der Waals surface area contributed by atoms with Crippen LogP contribution in [0.2, 0.25) is 0 Å². The molecule has 0 bridgehead atoms. The molecule has 0 spiro atoms. The molecule has 1 aromatic carbocycles. The molecule has 0 fully saturated rings. The number of hydrogen-bond donors (Lipinski definition) is 0. The molecule has 0 radical (unpaired) electrons. The number of aromatic nitrogens is 2. The van der Waals surface area contributed by atoms with Gasteiger partial charge in [-0.1, -0.05) is 54.8 Å². The molecule has 2 aromatic heterocycles. The van der Waals surface area contributed by atoms with E-state index in [1.165, 1.54) is 21.7 Å². The van der Waals surface area contributed by atoms with Gasteiger partial charge in [0, 0.05) is 30.2 Å². The average Bonchev–Trinajstić information content (AvgIpc) is 2.97. The van der Waals surface area contributed by atoms with Gasteiger partial charge in [-0.05, 0) is 11.6 Å². The highest BCUT2D eigenvalue weighted by atomic mass is 32.1. The summed E-state index contributed by atoms with van der Waals surface area (Å²) < 4.78 is 4.45. The number of rotatable bonds is 6. The van der Waals surface area contributed by atoms with Gasteiger partial charge in [0.15, 0.2) is 31.2 Å². The molecule has 120 valence electrons. The summed E-state index contributed by atoms with van der Waals surface area (Å²) in [6, 6.07) is 13.0. The van der Waals surface area contributed by atoms with Gasteiger partial charge in [0.25, 0.3) is 0 Å². The summed E-state index contributed by atoms with van der Waals surface area (Å²) in [4.78, 5) is 1.24. The van der Waals surface area contributed by atoms with Gasteiger partial charge >= 0.3 is 0 Å². The fraction of sp³-hybridized carbons (Fsp3) is 0.143. The first-order valence-corrected chi connectivity index (χ1v) is 8.87. The third-order valence-electron chi connectivity index (χ3n) is 4.17. The molecule has 0 aliphatic rings. The first-order valence-electron chi connectivity index (χ1n) is 7.99. The Bertz CT molecular complexity index is 843. The van der Waals surface area contributed by atoms with Crippen LogP contribution in [-0.4, -0.2) is 0 Å². The van der Waals surface area contributed by atoms with E-state index in [0.29, 0.717) is 0 Å². The molecule has 0 atom stereocenters. The molecule has 0 N–H and O–H groups in total. The number of nitrogens with zero attached hydrogens (tertiary/aromatic N) is 2. The quantitative estimate of drug-likeness (QED) is 0.602. The largest absolute Gasteiger partial charge is 0.225 e. The molecule has 0 aliphatic heterocycles. The zero-order chi connectivity index (χ0) is 16.9. The van der Waals surface area contributed by atoms with E-state index in [4.69, 9.17) is 0 Å². The lowest BCUT2D eigenvalue weighted by atomic mass is 10.1. The molecule has 2 heterocycles. The van der Waals surface area contributed by atoms with Crippen LogP contribution in [0.5, 0.6) is 0 Å². The second kappa shape index (κ2) is 7.37. The molecule has 0 saturated carbocycles.